The molecule has 4 heteroatoms. The van der Waals surface area contributed by atoms with E-state index in [4.69, 9.17) is 26.2 Å². The summed E-state index contributed by atoms with van der Waals surface area (Å²) in [4.78, 5) is 0. The molecule has 1 aromatic rings. The number of ether oxygens (including phenoxy) is 2. The molecule has 1 aromatic carbocycles. The number of aryl methyl sites for hydroxylation is 1. The Morgan fingerprint density at radius 3 is 2.82 bits per heavy atom. The second-order valence-corrected chi connectivity index (χ2v) is 4.41. The molecule has 0 radical (unpaired) electrons. The van der Waals surface area contributed by atoms with Crippen molar-refractivity contribution in [3.8, 4) is 11.5 Å². The van der Waals surface area contributed by atoms with Gasteiger partial charge in [0.1, 0.15) is 13.2 Å². The highest BCUT2D eigenvalue weighted by Gasteiger charge is 2.20. The molecule has 0 aliphatic carbocycles. The molecule has 0 saturated carbocycles. The lowest BCUT2D eigenvalue weighted by Crippen LogP contribution is -2.16. The zero-order valence-electron chi connectivity index (χ0n) is 9.96. The van der Waals surface area contributed by atoms with Crippen molar-refractivity contribution in [2.75, 3.05) is 19.8 Å². The van der Waals surface area contributed by atoms with Crippen molar-refractivity contribution < 1.29 is 14.6 Å². The van der Waals surface area contributed by atoms with E-state index in [0.717, 1.165) is 36.1 Å². The van der Waals surface area contributed by atoms with Crippen LogP contribution in [0.25, 0.3) is 0 Å². The van der Waals surface area contributed by atoms with E-state index in [2.05, 4.69) is 6.92 Å². The fourth-order valence-electron chi connectivity index (χ4n) is 2.11. The SMILES string of the molecule is CCc1c(CCCO)cc2c(c1Cl)OCCO2. The summed E-state index contributed by atoms with van der Waals surface area (Å²) in [5, 5.41) is 9.57. The second-order valence-electron chi connectivity index (χ2n) is 4.03. The third kappa shape index (κ3) is 2.50. The normalized spacial score (nSPS) is 13.8. The van der Waals surface area contributed by atoms with Gasteiger partial charge in [0, 0.05) is 6.61 Å². The Balaban J connectivity index is 2.40. The smallest absolute Gasteiger partial charge is 0.180 e. The molecule has 0 bridgehead atoms. The number of aliphatic hydroxyl groups is 1. The number of halogens is 1. The van der Waals surface area contributed by atoms with E-state index in [1.807, 2.05) is 6.07 Å². The Bertz CT molecular complexity index is 404. The average Bonchev–Trinajstić information content (AvgIpc) is 2.36. The quantitative estimate of drug-likeness (QED) is 0.900. The highest BCUT2D eigenvalue weighted by atomic mass is 35.5. The number of aliphatic hydroxyl groups excluding tert-OH is 1. The minimum atomic E-state index is 0.190. The van der Waals surface area contributed by atoms with Gasteiger partial charge in [-0.2, -0.15) is 0 Å². The molecule has 0 unspecified atom stereocenters. The monoisotopic (exact) mass is 256 g/mol. The molecule has 0 atom stereocenters. The van der Waals surface area contributed by atoms with Crippen LogP contribution in [-0.2, 0) is 12.8 Å². The first-order valence-electron chi connectivity index (χ1n) is 5.98. The highest BCUT2D eigenvalue weighted by Crippen LogP contribution is 2.41. The Morgan fingerprint density at radius 2 is 2.12 bits per heavy atom. The Kier molecular flexibility index (Phi) is 4.13. The van der Waals surface area contributed by atoms with Gasteiger partial charge in [0.2, 0.25) is 0 Å². The van der Waals surface area contributed by atoms with Crippen molar-refractivity contribution in [3.63, 3.8) is 0 Å². The third-order valence-corrected chi connectivity index (χ3v) is 3.33. The van der Waals surface area contributed by atoms with Crippen molar-refractivity contribution in [1.82, 2.24) is 0 Å². The lowest BCUT2D eigenvalue weighted by atomic mass is 9.99. The molecular weight excluding hydrogens is 240 g/mol. The van der Waals surface area contributed by atoms with E-state index in [0.29, 0.717) is 24.0 Å². The van der Waals surface area contributed by atoms with Gasteiger partial charge in [-0.15, -0.1) is 0 Å². The van der Waals surface area contributed by atoms with E-state index in [-0.39, 0.29) is 6.61 Å². The summed E-state index contributed by atoms with van der Waals surface area (Å²) in [6, 6.07) is 1.99. The molecule has 1 N–H and O–H groups in total. The van der Waals surface area contributed by atoms with Crippen LogP contribution in [0.3, 0.4) is 0 Å². The zero-order valence-corrected chi connectivity index (χ0v) is 10.7. The van der Waals surface area contributed by atoms with Gasteiger partial charge in [-0.05, 0) is 36.5 Å². The first-order valence-corrected chi connectivity index (χ1v) is 6.36. The third-order valence-electron chi connectivity index (χ3n) is 2.93. The summed E-state index contributed by atoms with van der Waals surface area (Å²) in [7, 11) is 0. The molecule has 0 amide bonds. The summed E-state index contributed by atoms with van der Waals surface area (Å²) in [6.07, 6.45) is 2.41. The lowest BCUT2D eigenvalue weighted by molar-refractivity contribution is 0.171. The van der Waals surface area contributed by atoms with Crippen LogP contribution in [0.2, 0.25) is 5.02 Å². The minimum Gasteiger partial charge on any atom is -0.486 e. The largest absolute Gasteiger partial charge is 0.486 e. The second kappa shape index (κ2) is 5.61. The molecule has 0 saturated heterocycles. The topological polar surface area (TPSA) is 38.7 Å². The van der Waals surface area contributed by atoms with Gasteiger partial charge in [0.05, 0.1) is 5.02 Å². The Labute approximate surface area is 106 Å². The summed E-state index contributed by atoms with van der Waals surface area (Å²) in [6.45, 7) is 3.37. The Morgan fingerprint density at radius 1 is 1.35 bits per heavy atom. The predicted octanol–water partition coefficient (Wildman–Crippen LogP) is 2.60. The van der Waals surface area contributed by atoms with Crippen LogP contribution >= 0.6 is 11.6 Å². The number of rotatable bonds is 4. The van der Waals surface area contributed by atoms with Crippen LogP contribution in [0.4, 0.5) is 0 Å². The molecule has 94 valence electrons. The van der Waals surface area contributed by atoms with E-state index >= 15 is 0 Å². The van der Waals surface area contributed by atoms with Gasteiger partial charge in [-0.3, -0.25) is 0 Å². The first-order chi connectivity index (χ1) is 8.27. The van der Waals surface area contributed by atoms with E-state index in [1.54, 1.807) is 0 Å². The van der Waals surface area contributed by atoms with Crippen LogP contribution in [0.5, 0.6) is 11.5 Å². The molecule has 0 spiro atoms. The standard InChI is InChI=1S/C13H17ClO3/c1-2-10-9(4-3-5-15)8-11-13(12(10)14)17-7-6-16-11/h8,15H,2-7H2,1H3. The molecule has 1 heterocycles. The van der Waals surface area contributed by atoms with Crippen molar-refractivity contribution in [2.45, 2.75) is 26.2 Å². The minimum absolute atomic E-state index is 0.190. The van der Waals surface area contributed by atoms with Crippen LogP contribution in [0.1, 0.15) is 24.5 Å². The van der Waals surface area contributed by atoms with Crippen molar-refractivity contribution in [3.05, 3.63) is 22.2 Å². The Hall–Kier alpha value is -0.930. The molecule has 0 fully saturated rings. The molecule has 1 aliphatic rings. The van der Waals surface area contributed by atoms with Gasteiger partial charge in [-0.1, -0.05) is 18.5 Å². The van der Waals surface area contributed by atoms with Gasteiger partial charge in [0.15, 0.2) is 11.5 Å². The van der Waals surface area contributed by atoms with Gasteiger partial charge in [0.25, 0.3) is 0 Å². The molecular formula is C13H17ClO3. The maximum Gasteiger partial charge on any atom is 0.180 e. The van der Waals surface area contributed by atoms with Gasteiger partial charge in [-0.25, -0.2) is 0 Å². The van der Waals surface area contributed by atoms with Crippen LogP contribution in [0, 0.1) is 0 Å². The molecule has 17 heavy (non-hydrogen) atoms. The van der Waals surface area contributed by atoms with Crippen LogP contribution in [0.15, 0.2) is 6.07 Å². The summed E-state index contributed by atoms with van der Waals surface area (Å²) < 4.78 is 11.1. The fraction of sp³-hybridized carbons (Fsp3) is 0.538. The number of benzene rings is 1. The summed E-state index contributed by atoms with van der Waals surface area (Å²) in [5.74, 6) is 1.40. The van der Waals surface area contributed by atoms with Crippen molar-refractivity contribution in [2.24, 2.45) is 0 Å². The van der Waals surface area contributed by atoms with Crippen molar-refractivity contribution >= 4 is 11.6 Å². The van der Waals surface area contributed by atoms with E-state index < -0.39 is 0 Å². The number of fused-ring (bicyclic) bond motifs is 1. The molecule has 0 aromatic heterocycles. The van der Waals surface area contributed by atoms with Crippen LogP contribution in [-0.4, -0.2) is 24.9 Å². The van der Waals surface area contributed by atoms with E-state index in [1.165, 1.54) is 0 Å². The lowest BCUT2D eigenvalue weighted by Gasteiger charge is -2.22. The maximum absolute atomic E-state index is 8.91. The van der Waals surface area contributed by atoms with Gasteiger partial charge >= 0.3 is 0 Å². The molecule has 3 nitrogen and oxygen atoms in total. The fourth-order valence-corrected chi connectivity index (χ4v) is 2.51. The van der Waals surface area contributed by atoms with Crippen molar-refractivity contribution in [1.29, 1.82) is 0 Å². The molecule has 2 rings (SSSR count). The molecule has 1 aliphatic heterocycles. The predicted molar refractivity (Wildman–Crippen MR) is 67.2 cm³/mol. The van der Waals surface area contributed by atoms with Gasteiger partial charge < -0.3 is 14.6 Å². The van der Waals surface area contributed by atoms with Crippen LogP contribution < -0.4 is 9.47 Å². The number of hydrogen-bond donors (Lipinski definition) is 1. The van der Waals surface area contributed by atoms with E-state index in [9.17, 15) is 0 Å². The maximum atomic E-state index is 8.91. The zero-order chi connectivity index (χ0) is 12.3. The highest BCUT2D eigenvalue weighted by molar-refractivity contribution is 6.33. The number of hydrogen-bond acceptors (Lipinski definition) is 3. The summed E-state index contributed by atoms with van der Waals surface area (Å²) >= 11 is 6.34. The summed E-state index contributed by atoms with van der Waals surface area (Å²) in [5.41, 5.74) is 2.25. The average molecular weight is 257 g/mol. The first kappa shape index (κ1) is 12.5.